The van der Waals surface area contributed by atoms with Crippen LogP contribution in [0.4, 0.5) is 0 Å². The summed E-state index contributed by atoms with van der Waals surface area (Å²) in [5.41, 5.74) is 4.22. The van der Waals surface area contributed by atoms with E-state index in [0.29, 0.717) is 23.5 Å². The highest BCUT2D eigenvalue weighted by atomic mass is 16.5. The van der Waals surface area contributed by atoms with Crippen LogP contribution in [0.15, 0.2) is 48.5 Å². The highest BCUT2D eigenvalue weighted by molar-refractivity contribution is 5.64. The van der Waals surface area contributed by atoms with Gasteiger partial charge in [0.1, 0.15) is 12.4 Å². The first-order valence-electron chi connectivity index (χ1n) is 10.4. The third-order valence-corrected chi connectivity index (χ3v) is 5.68. The monoisotopic (exact) mass is 398 g/mol. The molecule has 0 aromatic heterocycles. The number of allylic oxidation sites excluding steroid dienone is 2. The van der Waals surface area contributed by atoms with Crippen LogP contribution in [-0.4, -0.2) is 20.9 Å². The molecule has 3 N–H and O–H groups in total. The lowest BCUT2D eigenvalue weighted by Gasteiger charge is -2.24. The van der Waals surface area contributed by atoms with Crippen molar-refractivity contribution in [3.63, 3.8) is 0 Å². The van der Waals surface area contributed by atoms with Gasteiger partial charge in [0.25, 0.3) is 0 Å². The zero-order valence-electron chi connectivity index (χ0n) is 17.8. The Morgan fingerprint density at radius 3 is 2.38 bits per heavy atom. The highest BCUT2D eigenvalue weighted by Crippen LogP contribution is 2.24. The molecule has 0 fully saturated rings. The molecule has 4 heteroatoms. The van der Waals surface area contributed by atoms with Crippen LogP contribution >= 0.6 is 0 Å². The van der Waals surface area contributed by atoms with Crippen molar-refractivity contribution in [3.8, 4) is 5.75 Å². The predicted molar refractivity (Wildman–Crippen MR) is 117 cm³/mol. The fourth-order valence-electron chi connectivity index (χ4n) is 3.35. The van der Waals surface area contributed by atoms with E-state index in [2.05, 4.69) is 25.1 Å². The molecule has 2 aromatic carbocycles. The molecular formula is C25H34O4. The Balaban J connectivity index is 2.01. The van der Waals surface area contributed by atoms with Crippen molar-refractivity contribution in [3.05, 3.63) is 70.8 Å². The Labute approximate surface area is 174 Å². The summed E-state index contributed by atoms with van der Waals surface area (Å²) in [6.45, 7) is 6.36. The van der Waals surface area contributed by atoms with Crippen molar-refractivity contribution in [2.75, 3.05) is 0 Å². The molecule has 0 aliphatic carbocycles. The molecule has 0 aliphatic heterocycles. The molecule has 0 spiro atoms. The largest absolute Gasteiger partial charge is 0.489 e. The molecular weight excluding hydrogens is 364 g/mol. The van der Waals surface area contributed by atoms with E-state index >= 15 is 0 Å². The lowest BCUT2D eigenvalue weighted by molar-refractivity contribution is 0.0246. The van der Waals surface area contributed by atoms with Gasteiger partial charge in [-0.2, -0.15) is 0 Å². The first-order valence-corrected chi connectivity index (χ1v) is 10.4. The molecule has 2 aromatic rings. The number of aliphatic hydroxyl groups is 3. The van der Waals surface area contributed by atoms with Gasteiger partial charge < -0.3 is 20.1 Å². The van der Waals surface area contributed by atoms with E-state index in [0.717, 1.165) is 36.8 Å². The maximum Gasteiger partial charge on any atom is 0.120 e. The highest BCUT2D eigenvalue weighted by Gasteiger charge is 2.20. The minimum atomic E-state index is -0.564. The second kappa shape index (κ2) is 11.1. The van der Waals surface area contributed by atoms with Crippen molar-refractivity contribution in [2.24, 2.45) is 0 Å². The third kappa shape index (κ3) is 6.70. The van der Waals surface area contributed by atoms with Crippen LogP contribution in [-0.2, 0) is 19.8 Å². The molecule has 2 rings (SSSR count). The molecule has 4 nitrogen and oxygen atoms in total. The second-order valence-corrected chi connectivity index (χ2v) is 7.59. The maximum atomic E-state index is 10.4. The van der Waals surface area contributed by atoms with E-state index in [1.54, 1.807) is 12.1 Å². The van der Waals surface area contributed by atoms with Crippen molar-refractivity contribution < 1.29 is 20.1 Å². The Morgan fingerprint density at radius 2 is 1.72 bits per heavy atom. The van der Waals surface area contributed by atoms with E-state index in [1.165, 1.54) is 5.57 Å². The summed E-state index contributed by atoms with van der Waals surface area (Å²) in [7, 11) is 0. The Hall–Kier alpha value is -2.14. The molecule has 158 valence electrons. The summed E-state index contributed by atoms with van der Waals surface area (Å²) in [6.07, 6.45) is 5.38. The second-order valence-electron chi connectivity index (χ2n) is 7.59. The summed E-state index contributed by atoms with van der Waals surface area (Å²) >= 11 is 0. The van der Waals surface area contributed by atoms with Crippen LogP contribution in [0.25, 0.3) is 5.57 Å². The fraction of sp³-hybridized carbons (Fsp3) is 0.440. The van der Waals surface area contributed by atoms with Gasteiger partial charge in [0, 0.05) is 0 Å². The van der Waals surface area contributed by atoms with Gasteiger partial charge in [-0.1, -0.05) is 44.2 Å². The lowest BCUT2D eigenvalue weighted by Crippen LogP contribution is -2.25. The summed E-state index contributed by atoms with van der Waals surface area (Å²) in [4.78, 5) is 0. The normalized spacial score (nSPS) is 12.3. The average Bonchev–Trinajstić information content (AvgIpc) is 2.77. The maximum absolute atomic E-state index is 10.4. The van der Waals surface area contributed by atoms with Crippen LogP contribution in [0.3, 0.4) is 0 Å². The van der Waals surface area contributed by atoms with Gasteiger partial charge in [-0.05, 0) is 78.6 Å². The predicted octanol–water partition coefficient (Wildman–Crippen LogP) is 4.98. The van der Waals surface area contributed by atoms with Crippen LogP contribution < -0.4 is 4.74 Å². The van der Waals surface area contributed by atoms with Crippen LogP contribution in [0.1, 0.15) is 68.7 Å². The van der Waals surface area contributed by atoms with Gasteiger partial charge in [-0.25, -0.2) is 0 Å². The van der Waals surface area contributed by atoms with E-state index in [1.807, 2.05) is 32.0 Å². The van der Waals surface area contributed by atoms with Gasteiger partial charge in [-0.15, -0.1) is 0 Å². The standard InChI is InChI=1S/C25H34O4/c1-4-25(28,5-2)13-7-8-19(3)21-10-6-9-20(14-21)18-29-24-12-11-22(16-26)23(15-24)17-27/h6,8-12,14-15,26-28H,4-5,7,13,16-18H2,1-3H3/b19-8-. The quantitative estimate of drug-likeness (QED) is 0.499. The van der Waals surface area contributed by atoms with Gasteiger partial charge in [0.2, 0.25) is 0 Å². The molecule has 29 heavy (non-hydrogen) atoms. The van der Waals surface area contributed by atoms with Gasteiger partial charge >= 0.3 is 0 Å². The number of ether oxygens (including phenoxy) is 1. The molecule has 0 saturated heterocycles. The molecule has 0 bridgehead atoms. The molecule has 0 heterocycles. The number of benzene rings is 2. The third-order valence-electron chi connectivity index (χ3n) is 5.68. The number of rotatable bonds is 11. The summed E-state index contributed by atoms with van der Waals surface area (Å²) in [5, 5.41) is 29.1. The first-order chi connectivity index (χ1) is 13.9. The smallest absolute Gasteiger partial charge is 0.120 e. The summed E-state index contributed by atoms with van der Waals surface area (Å²) < 4.78 is 5.88. The van der Waals surface area contributed by atoms with Crippen molar-refractivity contribution in [1.29, 1.82) is 0 Å². The van der Waals surface area contributed by atoms with Crippen molar-refractivity contribution in [2.45, 2.75) is 71.9 Å². The average molecular weight is 399 g/mol. The van der Waals surface area contributed by atoms with Crippen LogP contribution in [0.5, 0.6) is 5.75 Å². The van der Waals surface area contributed by atoms with E-state index in [-0.39, 0.29) is 13.2 Å². The molecule has 0 saturated carbocycles. The molecule has 0 amide bonds. The minimum absolute atomic E-state index is 0.0995. The Bertz CT molecular complexity index is 806. The van der Waals surface area contributed by atoms with E-state index in [4.69, 9.17) is 4.74 Å². The van der Waals surface area contributed by atoms with E-state index < -0.39 is 5.60 Å². The zero-order valence-corrected chi connectivity index (χ0v) is 17.8. The fourth-order valence-corrected chi connectivity index (χ4v) is 3.35. The number of aliphatic hydroxyl groups excluding tert-OH is 2. The van der Waals surface area contributed by atoms with Crippen LogP contribution in [0.2, 0.25) is 0 Å². The molecule has 0 atom stereocenters. The molecule has 0 unspecified atom stereocenters. The van der Waals surface area contributed by atoms with Gasteiger partial charge in [0.15, 0.2) is 0 Å². The van der Waals surface area contributed by atoms with Gasteiger partial charge in [-0.3, -0.25) is 0 Å². The Kier molecular flexibility index (Phi) is 8.90. The SMILES string of the molecule is CCC(O)(CC)CC/C=C(/C)c1cccc(COc2ccc(CO)c(CO)c2)c1. The van der Waals surface area contributed by atoms with Crippen molar-refractivity contribution >= 4 is 5.57 Å². The van der Waals surface area contributed by atoms with Gasteiger partial charge in [0.05, 0.1) is 18.8 Å². The molecule has 0 aliphatic rings. The topological polar surface area (TPSA) is 69.9 Å². The Morgan fingerprint density at radius 1 is 1.00 bits per heavy atom. The number of hydrogen-bond acceptors (Lipinski definition) is 4. The first kappa shape index (κ1) is 23.1. The zero-order chi connectivity index (χ0) is 21.3. The van der Waals surface area contributed by atoms with Crippen molar-refractivity contribution in [1.82, 2.24) is 0 Å². The minimum Gasteiger partial charge on any atom is -0.489 e. The van der Waals surface area contributed by atoms with Crippen LogP contribution in [0, 0.1) is 0 Å². The molecule has 0 radical (unpaired) electrons. The lowest BCUT2D eigenvalue weighted by atomic mass is 9.91. The number of hydrogen-bond donors (Lipinski definition) is 3. The summed E-state index contributed by atoms with van der Waals surface area (Å²) in [5.74, 6) is 0.669. The summed E-state index contributed by atoms with van der Waals surface area (Å²) in [6, 6.07) is 13.6. The van der Waals surface area contributed by atoms with E-state index in [9.17, 15) is 15.3 Å².